The molecule has 2 amide bonds. The zero-order valence-corrected chi connectivity index (χ0v) is 17.9. The summed E-state index contributed by atoms with van der Waals surface area (Å²) in [4.78, 5) is 24.5. The van der Waals surface area contributed by atoms with E-state index in [2.05, 4.69) is 10.6 Å². The topological polar surface area (TPSA) is 67.4 Å². The fourth-order valence-corrected chi connectivity index (χ4v) is 3.54. The molecule has 0 radical (unpaired) electrons. The van der Waals surface area contributed by atoms with Crippen molar-refractivity contribution in [2.24, 2.45) is 0 Å². The Morgan fingerprint density at radius 2 is 1.47 bits per heavy atom. The number of halogens is 1. The smallest absolute Gasteiger partial charge is 0.255 e. The van der Waals surface area contributed by atoms with Crippen LogP contribution in [0.3, 0.4) is 0 Å². The highest BCUT2D eigenvalue weighted by atomic mass is 35.5. The van der Waals surface area contributed by atoms with Crippen LogP contribution in [0.1, 0.15) is 15.9 Å². The fourth-order valence-electron chi connectivity index (χ4n) is 2.62. The molecule has 3 aromatic carbocycles. The Hall–Kier alpha value is -2.96. The van der Waals surface area contributed by atoms with Crippen molar-refractivity contribution in [2.45, 2.75) is 5.75 Å². The molecule has 2 N–H and O–H groups in total. The first-order valence-electron chi connectivity index (χ1n) is 9.21. The maximum Gasteiger partial charge on any atom is 0.255 e. The van der Waals surface area contributed by atoms with Crippen LogP contribution in [-0.2, 0) is 10.5 Å². The summed E-state index contributed by atoms with van der Waals surface area (Å²) in [5.74, 6) is 1.47. The maximum absolute atomic E-state index is 12.4. The molecule has 7 heteroatoms. The van der Waals surface area contributed by atoms with Crippen molar-refractivity contribution in [3.8, 4) is 5.75 Å². The van der Waals surface area contributed by atoms with Crippen LogP contribution < -0.4 is 15.4 Å². The van der Waals surface area contributed by atoms with Crippen molar-refractivity contribution in [1.29, 1.82) is 0 Å². The predicted molar refractivity (Wildman–Crippen MR) is 124 cm³/mol. The first kappa shape index (κ1) is 21.7. The molecule has 3 rings (SSSR count). The largest absolute Gasteiger partial charge is 0.497 e. The van der Waals surface area contributed by atoms with Crippen LogP contribution in [0.2, 0.25) is 5.02 Å². The van der Waals surface area contributed by atoms with Crippen LogP contribution in [0.25, 0.3) is 0 Å². The normalized spacial score (nSPS) is 10.3. The molecule has 0 aliphatic rings. The summed E-state index contributed by atoms with van der Waals surface area (Å²) in [6.07, 6.45) is 0. The van der Waals surface area contributed by atoms with E-state index in [0.717, 1.165) is 17.1 Å². The third-order valence-corrected chi connectivity index (χ3v) is 5.45. The lowest BCUT2D eigenvalue weighted by Gasteiger charge is -2.08. The number of anilines is 2. The van der Waals surface area contributed by atoms with E-state index in [4.69, 9.17) is 16.3 Å². The van der Waals surface area contributed by atoms with Gasteiger partial charge in [-0.15, -0.1) is 11.8 Å². The van der Waals surface area contributed by atoms with E-state index < -0.39 is 0 Å². The second-order valence-corrected chi connectivity index (χ2v) is 7.85. The van der Waals surface area contributed by atoms with Gasteiger partial charge in [0, 0.05) is 27.7 Å². The van der Waals surface area contributed by atoms with Gasteiger partial charge in [-0.05, 0) is 66.2 Å². The van der Waals surface area contributed by atoms with Crippen molar-refractivity contribution in [3.05, 3.63) is 88.9 Å². The molecule has 0 aliphatic heterocycles. The number of methoxy groups -OCH3 is 1. The van der Waals surface area contributed by atoms with Crippen LogP contribution in [-0.4, -0.2) is 24.7 Å². The summed E-state index contributed by atoms with van der Waals surface area (Å²) in [5.41, 5.74) is 2.94. The average molecular weight is 441 g/mol. The van der Waals surface area contributed by atoms with E-state index in [1.54, 1.807) is 55.6 Å². The van der Waals surface area contributed by atoms with E-state index in [1.807, 2.05) is 24.3 Å². The molecule has 5 nitrogen and oxygen atoms in total. The molecule has 0 fully saturated rings. The summed E-state index contributed by atoms with van der Waals surface area (Å²) in [7, 11) is 1.59. The number of carbonyl (C=O) groups excluding carboxylic acids is 2. The van der Waals surface area contributed by atoms with E-state index in [1.165, 1.54) is 11.8 Å². The zero-order valence-electron chi connectivity index (χ0n) is 16.4. The Labute approximate surface area is 184 Å². The van der Waals surface area contributed by atoms with Crippen LogP contribution in [0, 0.1) is 0 Å². The van der Waals surface area contributed by atoms with E-state index in [9.17, 15) is 9.59 Å². The molecule has 0 saturated carbocycles. The molecule has 0 aromatic heterocycles. The van der Waals surface area contributed by atoms with E-state index >= 15 is 0 Å². The minimum atomic E-state index is -0.225. The number of ether oxygens (including phenoxy) is 1. The lowest BCUT2D eigenvalue weighted by molar-refractivity contribution is -0.113. The van der Waals surface area contributed by atoms with Gasteiger partial charge in [0.1, 0.15) is 5.75 Å². The highest BCUT2D eigenvalue weighted by Crippen LogP contribution is 2.18. The van der Waals surface area contributed by atoms with Gasteiger partial charge in [-0.25, -0.2) is 0 Å². The first-order valence-corrected chi connectivity index (χ1v) is 10.7. The number of amides is 2. The molecule has 30 heavy (non-hydrogen) atoms. The van der Waals surface area contributed by atoms with Gasteiger partial charge in [0.15, 0.2) is 0 Å². The first-order chi connectivity index (χ1) is 14.5. The molecule has 0 heterocycles. The van der Waals surface area contributed by atoms with Gasteiger partial charge in [-0.2, -0.15) is 0 Å². The molecule has 0 unspecified atom stereocenters. The molecule has 154 valence electrons. The minimum absolute atomic E-state index is 0.0932. The third kappa shape index (κ3) is 6.54. The molecule has 0 saturated heterocycles. The van der Waals surface area contributed by atoms with Crippen LogP contribution >= 0.6 is 23.4 Å². The van der Waals surface area contributed by atoms with E-state index in [-0.39, 0.29) is 11.8 Å². The molecule has 0 spiro atoms. The molecular formula is C23H21ClN2O3S. The molecular weight excluding hydrogens is 420 g/mol. The Morgan fingerprint density at radius 3 is 2.10 bits per heavy atom. The van der Waals surface area contributed by atoms with Gasteiger partial charge in [-0.3, -0.25) is 9.59 Å². The second kappa shape index (κ2) is 10.7. The predicted octanol–water partition coefficient (Wildman–Crippen LogP) is 5.47. The number of hydrogen-bond donors (Lipinski definition) is 2. The highest BCUT2D eigenvalue weighted by Gasteiger charge is 2.08. The summed E-state index contributed by atoms with van der Waals surface area (Å²) < 4.78 is 5.10. The lowest BCUT2D eigenvalue weighted by atomic mass is 10.2. The average Bonchev–Trinajstić information content (AvgIpc) is 2.76. The van der Waals surface area contributed by atoms with Gasteiger partial charge in [0.05, 0.1) is 12.9 Å². The minimum Gasteiger partial charge on any atom is -0.497 e. The molecule has 0 atom stereocenters. The number of rotatable bonds is 8. The standard InChI is InChI=1S/C23H21ClN2O3S/c1-29-21-12-10-20(11-13-21)26-23(28)17-4-8-19(9-5-17)25-22(27)15-30-14-16-2-6-18(24)7-3-16/h2-13H,14-15H2,1H3,(H,25,27)(H,26,28). The number of nitrogens with one attached hydrogen (secondary N) is 2. The summed E-state index contributed by atoms with van der Waals surface area (Å²) in [5, 5.41) is 6.36. The second-order valence-electron chi connectivity index (χ2n) is 6.43. The quantitative estimate of drug-likeness (QED) is 0.487. The van der Waals surface area contributed by atoms with E-state index in [0.29, 0.717) is 27.7 Å². The van der Waals surface area contributed by atoms with Gasteiger partial charge in [-0.1, -0.05) is 23.7 Å². The molecule has 0 bridgehead atoms. The van der Waals surface area contributed by atoms with Crippen molar-refractivity contribution in [2.75, 3.05) is 23.5 Å². The van der Waals surface area contributed by atoms with Crippen LogP contribution in [0.15, 0.2) is 72.8 Å². The number of benzene rings is 3. The third-order valence-electron chi connectivity index (χ3n) is 4.19. The Kier molecular flexibility index (Phi) is 7.76. The Balaban J connectivity index is 1.46. The van der Waals surface area contributed by atoms with Crippen molar-refractivity contribution in [1.82, 2.24) is 0 Å². The number of thioether (sulfide) groups is 1. The highest BCUT2D eigenvalue weighted by molar-refractivity contribution is 7.99. The van der Waals surface area contributed by atoms with Crippen LogP contribution in [0.4, 0.5) is 11.4 Å². The van der Waals surface area contributed by atoms with Crippen LogP contribution in [0.5, 0.6) is 5.75 Å². The van der Waals surface area contributed by atoms with Gasteiger partial charge in [0.2, 0.25) is 5.91 Å². The Bertz CT molecular complexity index is 990. The number of hydrogen-bond acceptors (Lipinski definition) is 4. The monoisotopic (exact) mass is 440 g/mol. The van der Waals surface area contributed by atoms with Crippen molar-refractivity contribution >= 4 is 46.6 Å². The Morgan fingerprint density at radius 1 is 0.867 bits per heavy atom. The number of carbonyl (C=O) groups is 2. The van der Waals surface area contributed by atoms with Gasteiger partial charge in [0.25, 0.3) is 5.91 Å². The summed E-state index contributed by atoms with van der Waals surface area (Å²) in [6.45, 7) is 0. The van der Waals surface area contributed by atoms with Crippen molar-refractivity contribution < 1.29 is 14.3 Å². The summed E-state index contributed by atoms with van der Waals surface area (Å²) in [6, 6.07) is 21.4. The molecule has 3 aromatic rings. The fraction of sp³-hybridized carbons (Fsp3) is 0.130. The van der Waals surface area contributed by atoms with Gasteiger partial charge < -0.3 is 15.4 Å². The zero-order chi connectivity index (χ0) is 21.3. The maximum atomic E-state index is 12.4. The SMILES string of the molecule is COc1ccc(NC(=O)c2ccc(NC(=O)CSCc3ccc(Cl)cc3)cc2)cc1. The van der Waals surface area contributed by atoms with Crippen molar-refractivity contribution in [3.63, 3.8) is 0 Å². The lowest BCUT2D eigenvalue weighted by Crippen LogP contribution is -2.15. The summed E-state index contributed by atoms with van der Waals surface area (Å²) >= 11 is 7.39. The van der Waals surface area contributed by atoms with Gasteiger partial charge >= 0.3 is 0 Å². The molecule has 0 aliphatic carbocycles.